The van der Waals surface area contributed by atoms with Crippen LogP contribution in [-0.2, 0) is 22.4 Å². The lowest BCUT2D eigenvalue weighted by Crippen LogP contribution is -2.23. The Morgan fingerprint density at radius 1 is 0.976 bits per heavy atom. The fraction of sp³-hybridized carbons (Fsp3) is 0.276. The van der Waals surface area contributed by atoms with E-state index in [0.29, 0.717) is 21.1 Å². The number of carbonyl (C=O) groups excluding carboxylic acids is 3. The number of nitrogens with one attached hydrogen (secondary N) is 2. The first-order valence-electron chi connectivity index (χ1n) is 12.9. The number of carboxylic acids is 2. The number of amides is 2. The largest absolute Gasteiger partial charge is 0.478 e. The number of carbonyl (C=O) groups is 5. The molecule has 2 aromatic carbocycles. The third kappa shape index (κ3) is 6.95. The van der Waals surface area contributed by atoms with E-state index in [-0.39, 0.29) is 23.6 Å². The smallest absolute Gasteiger partial charge is 0.341 e. The number of anilines is 2. The number of hydrogen-bond acceptors (Lipinski definition) is 8. The van der Waals surface area contributed by atoms with Crippen LogP contribution in [0.5, 0.6) is 0 Å². The van der Waals surface area contributed by atoms with Gasteiger partial charge in [0.2, 0.25) is 5.91 Å². The van der Waals surface area contributed by atoms with Gasteiger partial charge in [-0.1, -0.05) is 6.07 Å². The van der Waals surface area contributed by atoms with Gasteiger partial charge >= 0.3 is 17.9 Å². The van der Waals surface area contributed by atoms with Crippen LogP contribution in [0, 0.1) is 0 Å². The van der Waals surface area contributed by atoms with Crippen molar-refractivity contribution < 1.29 is 38.9 Å². The maximum absolute atomic E-state index is 13.1. The van der Waals surface area contributed by atoms with E-state index in [1.54, 1.807) is 38.1 Å². The highest BCUT2D eigenvalue weighted by molar-refractivity contribution is 8.00. The van der Waals surface area contributed by atoms with Crippen molar-refractivity contribution in [2.75, 3.05) is 17.2 Å². The summed E-state index contributed by atoms with van der Waals surface area (Å²) in [6.07, 6.45) is 3.65. The van der Waals surface area contributed by atoms with Gasteiger partial charge in [0.15, 0.2) is 0 Å². The molecule has 0 fully saturated rings. The lowest BCUT2D eigenvalue weighted by atomic mass is 9.95. The summed E-state index contributed by atoms with van der Waals surface area (Å²) in [6, 6.07) is 9.95. The Bertz CT molecular complexity index is 1530. The van der Waals surface area contributed by atoms with Crippen molar-refractivity contribution >= 4 is 63.5 Å². The zero-order valence-electron chi connectivity index (χ0n) is 22.3. The van der Waals surface area contributed by atoms with Gasteiger partial charge in [0.1, 0.15) is 5.00 Å². The summed E-state index contributed by atoms with van der Waals surface area (Å²) in [7, 11) is 0. The SMILES string of the molecule is CCOC(=O)c1c(NC(=O)C(C)Sc2cccc(NC(=O)c3ccc(C(=O)O)cc3C(=O)O)c2)sc2c1CCCC2. The molecular formula is C29H28N2O8S2. The minimum atomic E-state index is -1.43. The Balaban J connectivity index is 1.46. The number of benzene rings is 2. The average molecular weight is 597 g/mol. The minimum Gasteiger partial charge on any atom is -0.478 e. The van der Waals surface area contributed by atoms with Crippen LogP contribution >= 0.6 is 23.1 Å². The van der Waals surface area contributed by atoms with E-state index in [0.717, 1.165) is 54.3 Å². The second-order valence-corrected chi connectivity index (χ2v) is 11.8. The summed E-state index contributed by atoms with van der Waals surface area (Å²) in [5, 5.41) is 24.1. The summed E-state index contributed by atoms with van der Waals surface area (Å²) in [5.41, 5.74) is 0.893. The third-order valence-corrected chi connectivity index (χ3v) is 8.70. The predicted molar refractivity (Wildman–Crippen MR) is 156 cm³/mol. The van der Waals surface area contributed by atoms with Gasteiger partial charge in [-0.15, -0.1) is 23.1 Å². The molecule has 1 heterocycles. The molecular weight excluding hydrogens is 568 g/mol. The first-order chi connectivity index (χ1) is 19.6. The van der Waals surface area contributed by atoms with Gasteiger partial charge in [-0.2, -0.15) is 0 Å². The molecule has 0 bridgehead atoms. The molecule has 1 aliphatic rings. The maximum atomic E-state index is 13.1. The first kappa shape index (κ1) is 29.8. The summed E-state index contributed by atoms with van der Waals surface area (Å²) >= 11 is 2.66. The number of carboxylic acid groups (broad SMARTS) is 2. The number of esters is 1. The maximum Gasteiger partial charge on any atom is 0.341 e. The Morgan fingerprint density at radius 3 is 2.44 bits per heavy atom. The summed E-state index contributed by atoms with van der Waals surface area (Å²) in [6.45, 7) is 3.71. The third-order valence-electron chi connectivity index (χ3n) is 6.40. The number of fused-ring (bicyclic) bond motifs is 1. The normalized spacial score (nSPS) is 13.0. The van der Waals surface area contributed by atoms with E-state index >= 15 is 0 Å². The van der Waals surface area contributed by atoms with Crippen molar-refractivity contribution in [2.45, 2.75) is 49.7 Å². The molecule has 12 heteroatoms. The van der Waals surface area contributed by atoms with Gasteiger partial charge in [0.25, 0.3) is 5.91 Å². The molecule has 0 spiro atoms. The van der Waals surface area contributed by atoms with E-state index < -0.39 is 34.6 Å². The highest BCUT2D eigenvalue weighted by Crippen LogP contribution is 2.39. The molecule has 0 saturated heterocycles. The van der Waals surface area contributed by atoms with Crippen molar-refractivity contribution in [1.29, 1.82) is 0 Å². The van der Waals surface area contributed by atoms with Gasteiger partial charge in [0, 0.05) is 15.5 Å². The zero-order valence-corrected chi connectivity index (χ0v) is 23.9. The first-order valence-corrected chi connectivity index (χ1v) is 14.6. The van der Waals surface area contributed by atoms with Crippen molar-refractivity contribution in [1.82, 2.24) is 0 Å². The number of ether oxygens (including phenoxy) is 1. The van der Waals surface area contributed by atoms with Crippen molar-refractivity contribution in [3.63, 3.8) is 0 Å². The Morgan fingerprint density at radius 2 is 1.73 bits per heavy atom. The van der Waals surface area contributed by atoms with Gasteiger partial charge in [0.05, 0.1) is 34.1 Å². The summed E-state index contributed by atoms with van der Waals surface area (Å²) in [4.78, 5) is 63.3. The van der Waals surface area contributed by atoms with Crippen molar-refractivity contribution in [3.8, 4) is 0 Å². The topological polar surface area (TPSA) is 159 Å². The number of hydrogen-bond donors (Lipinski definition) is 4. The lowest BCUT2D eigenvalue weighted by Gasteiger charge is -2.14. The average Bonchev–Trinajstić information content (AvgIpc) is 3.30. The number of aromatic carboxylic acids is 2. The van der Waals surface area contributed by atoms with Gasteiger partial charge in [-0.3, -0.25) is 9.59 Å². The molecule has 2 amide bonds. The highest BCUT2D eigenvalue weighted by Gasteiger charge is 2.28. The second-order valence-electron chi connectivity index (χ2n) is 9.24. The standard InChI is InChI=1S/C29H28N2O8S2/c1-3-39-29(38)23-20-9-4-5-10-22(20)41-26(23)31-24(32)15(2)40-18-8-6-7-17(14-18)30-25(33)19-12-11-16(27(34)35)13-21(19)28(36)37/h6-8,11-15H,3-5,9-10H2,1-2H3,(H,30,33)(H,31,32)(H,34,35)(H,36,37). The molecule has 41 heavy (non-hydrogen) atoms. The molecule has 0 saturated carbocycles. The molecule has 4 N–H and O–H groups in total. The Kier molecular flexibility index (Phi) is 9.46. The highest BCUT2D eigenvalue weighted by atomic mass is 32.2. The van der Waals surface area contributed by atoms with E-state index in [1.165, 1.54) is 23.1 Å². The predicted octanol–water partition coefficient (Wildman–Crippen LogP) is 5.57. The minimum absolute atomic E-state index is 0.190. The monoisotopic (exact) mass is 596 g/mol. The quantitative estimate of drug-likeness (QED) is 0.173. The molecule has 1 unspecified atom stereocenters. The fourth-order valence-electron chi connectivity index (χ4n) is 4.44. The van der Waals surface area contributed by atoms with Gasteiger partial charge in [-0.25, -0.2) is 14.4 Å². The number of aryl methyl sites for hydroxylation is 1. The van der Waals surface area contributed by atoms with E-state index in [1.807, 2.05) is 0 Å². The molecule has 0 aliphatic heterocycles. The molecule has 0 radical (unpaired) electrons. The fourth-order valence-corrected chi connectivity index (χ4v) is 6.65. The number of rotatable bonds is 10. The Labute approximate surface area is 244 Å². The van der Waals surface area contributed by atoms with E-state index in [9.17, 15) is 29.1 Å². The molecule has 1 aliphatic carbocycles. The van der Waals surface area contributed by atoms with Crippen LogP contribution in [0.15, 0.2) is 47.4 Å². The van der Waals surface area contributed by atoms with Gasteiger partial charge < -0.3 is 25.6 Å². The zero-order chi connectivity index (χ0) is 29.7. The van der Waals surface area contributed by atoms with E-state index in [4.69, 9.17) is 9.84 Å². The lowest BCUT2D eigenvalue weighted by molar-refractivity contribution is -0.115. The molecule has 1 aromatic heterocycles. The van der Waals surface area contributed by atoms with Crippen LogP contribution in [-0.4, -0.2) is 51.8 Å². The van der Waals surface area contributed by atoms with Crippen LogP contribution < -0.4 is 10.6 Å². The van der Waals surface area contributed by atoms with Crippen LogP contribution in [0.2, 0.25) is 0 Å². The van der Waals surface area contributed by atoms with Crippen LogP contribution in [0.4, 0.5) is 10.7 Å². The van der Waals surface area contributed by atoms with Crippen molar-refractivity contribution in [3.05, 3.63) is 75.2 Å². The Hall–Kier alpha value is -4.16. The van der Waals surface area contributed by atoms with E-state index in [2.05, 4.69) is 10.6 Å². The molecule has 214 valence electrons. The summed E-state index contributed by atoms with van der Waals surface area (Å²) in [5.74, 6) is -4.19. The summed E-state index contributed by atoms with van der Waals surface area (Å²) < 4.78 is 5.26. The van der Waals surface area contributed by atoms with Crippen LogP contribution in [0.25, 0.3) is 0 Å². The molecule has 4 rings (SSSR count). The van der Waals surface area contributed by atoms with Crippen LogP contribution in [0.3, 0.4) is 0 Å². The molecule has 3 aromatic rings. The molecule has 10 nitrogen and oxygen atoms in total. The number of thiophene rings is 1. The molecule has 1 atom stereocenters. The van der Waals surface area contributed by atoms with Crippen molar-refractivity contribution in [2.24, 2.45) is 0 Å². The second kappa shape index (κ2) is 13.0. The number of thioether (sulfide) groups is 1. The van der Waals surface area contributed by atoms with Crippen LogP contribution in [0.1, 0.15) is 78.6 Å². The van der Waals surface area contributed by atoms with Gasteiger partial charge in [-0.05, 0) is 81.5 Å².